The van der Waals surface area contributed by atoms with Crippen LogP contribution in [0.15, 0.2) is 29.3 Å². The van der Waals surface area contributed by atoms with E-state index < -0.39 is 0 Å². The molecule has 0 amide bonds. The van der Waals surface area contributed by atoms with Crippen LogP contribution < -0.4 is 10.5 Å². The van der Waals surface area contributed by atoms with E-state index in [-0.39, 0.29) is 5.84 Å². The predicted octanol–water partition coefficient (Wildman–Crippen LogP) is 0.882. The summed E-state index contributed by atoms with van der Waals surface area (Å²) in [4.78, 5) is 3.41. The average molecular weight is 175 g/mol. The maximum Gasteiger partial charge on any atom is 0.207 e. The number of ether oxygens (including phenoxy) is 1. The van der Waals surface area contributed by atoms with Crippen LogP contribution in [0.4, 0.5) is 0 Å². The summed E-state index contributed by atoms with van der Waals surface area (Å²) in [7, 11) is 1.57. The number of amidine groups is 1. The fourth-order valence-electron chi connectivity index (χ4n) is 0.901. The highest BCUT2D eigenvalue weighted by atomic mass is 16.5. The topological polar surface area (TPSA) is 71.4 Å². The Labute approximate surface area is 76.3 Å². The first-order valence-electron chi connectivity index (χ1n) is 3.64. The van der Waals surface area contributed by atoms with Gasteiger partial charge in [0.05, 0.1) is 7.11 Å². The Morgan fingerprint density at radius 1 is 1.62 bits per heavy atom. The molecule has 4 nitrogen and oxygen atoms in total. The molecule has 66 valence electrons. The molecular weight excluding hydrogens is 166 g/mol. The van der Waals surface area contributed by atoms with Crippen LogP contribution in [0.5, 0.6) is 5.75 Å². The highest BCUT2D eigenvalue weighted by molar-refractivity contribution is 5.98. The smallest absolute Gasteiger partial charge is 0.207 e. The third-order valence-corrected chi connectivity index (χ3v) is 1.54. The number of hydrogen-bond acceptors (Lipinski definition) is 3. The predicted molar refractivity (Wildman–Crippen MR) is 49.3 cm³/mol. The summed E-state index contributed by atoms with van der Waals surface area (Å²) in [5.74, 6) is 0.884. The Morgan fingerprint density at radius 3 is 3.00 bits per heavy atom. The molecule has 0 aliphatic rings. The van der Waals surface area contributed by atoms with Crippen molar-refractivity contribution in [2.45, 2.75) is 0 Å². The van der Waals surface area contributed by atoms with Gasteiger partial charge in [0.1, 0.15) is 11.6 Å². The maximum atomic E-state index is 8.28. The van der Waals surface area contributed by atoms with E-state index in [2.05, 4.69) is 4.99 Å². The van der Waals surface area contributed by atoms with Crippen molar-refractivity contribution in [3.05, 3.63) is 29.8 Å². The highest BCUT2D eigenvalue weighted by Gasteiger charge is 1.99. The van der Waals surface area contributed by atoms with Gasteiger partial charge in [0.25, 0.3) is 0 Å². The fraction of sp³-hybridized carbons (Fsp3) is 0.111. The van der Waals surface area contributed by atoms with E-state index >= 15 is 0 Å². The van der Waals surface area contributed by atoms with Gasteiger partial charge in [0.2, 0.25) is 6.19 Å². The van der Waals surface area contributed by atoms with Gasteiger partial charge in [-0.05, 0) is 12.1 Å². The molecule has 0 saturated heterocycles. The summed E-state index contributed by atoms with van der Waals surface area (Å²) in [5, 5.41) is 8.28. The minimum absolute atomic E-state index is 0.196. The van der Waals surface area contributed by atoms with Crippen molar-refractivity contribution in [1.29, 1.82) is 5.26 Å². The Bertz CT molecular complexity index is 365. The van der Waals surface area contributed by atoms with Crippen LogP contribution in [0.3, 0.4) is 0 Å². The monoisotopic (exact) mass is 175 g/mol. The lowest BCUT2D eigenvalue weighted by Gasteiger charge is -2.01. The van der Waals surface area contributed by atoms with Gasteiger partial charge in [-0.3, -0.25) is 0 Å². The van der Waals surface area contributed by atoms with Crippen molar-refractivity contribution < 1.29 is 4.74 Å². The molecule has 0 aliphatic carbocycles. The van der Waals surface area contributed by atoms with E-state index in [1.807, 2.05) is 0 Å². The van der Waals surface area contributed by atoms with E-state index in [4.69, 9.17) is 15.7 Å². The molecule has 0 bridgehead atoms. The quantitative estimate of drug-likeness (QED) is 0.412. The van der Waals surface area contributed by atoms with Gasteiger partial charge in [-0.15, -0.1) is 0 Å². The van der Waals surface area contributed by atoms with Gasteiger partial charge >= 0.3 is 0 Å². The summed E-state index contributed by atoms with van der Waals surface area (Å²) >= 11 is 0. The van der Waals surface area contributed by atoms with Crippen LogP contribution in [0.2, 0.25) is 0 Å². The van der Waals surface area contributed by atoms with Crippen molar-refractivity contribution >= 4 is 5.84 Å². The Balaban J connectivity index is 3.03. The molecule has 0 saturated carbocycles. The van der Waals surface area contributed by atoms with Crippen molar-refractivity contribution in [3.8, 4) is 11.9 Å². The second kappa shape index (κ2) is 4.12. The number of rotatable bonds is 2. The van der Waals surface area contributed by atoms with Crippen molar-refractivity contribution in [2.24, 2.45) is 10.7 Å². The van der Waals surface area contributed by atoms with E-state index in [0.717, 1.165) is 0 Å². The molecule has 0 spiro atoms. The van der Waals surface area contributed by atoms with Crippen LogP contribution in [0.25, 0.3) is 0 Å². The van der Waals surface area contributed by atoms with Crippen molar-refractivity contribution in [1.82, 2.24) is 0 Å². The molecule has 0 aliphatic heterocycles. The average Bonchev–Trinajstić information content (AvgIpc) is 2.18. The van der Waals surface area contributed by atoms with E-state index in [1.54, 1.807) is 37.6 Å². The Hall–Kier alpha value is -2.02. The van der Waals surface area contributed by atoms with Gasteiger partial charge in [0, 0.05) is 5.56 Å². The lowest BCUT2D eigenvalue weighted by atomic mass is 10.2. The Morgan fingerprint density at radius 2 is 2.38 bits per heavy atom. The summed E-state index contributed by atoms with van der Waals surface area (Å²) in [6, 6.07) is 7.06. The van der Waals surface area contributed by atoms with E-state index in [9.17, 15) is 0 Å². The standard InChI is InChI=1S/C9H9N3O/c1-13-8-4-2-3-7(5-8)9(11)12-6-10/h2-5H,1H3,(H2,11,12). The van der Waals surface area contributed by atoms with Crippen LogP contribution in [0.1, 0.15) is 5.56 Å². The van der Waals surface area contributed by atoms with Gasteiger partial charge in [-0.1, -0.05) is 12.1 Å². The molecule has 0 heterocycles. The Kier molecular flexibility index (Phi) is 2.87. The van der Waals surface area contributed by atoms with Crippen LogP contribution in [0, 0.1) is 11.5 Å². The molecule has 1 aromatic carbocycles. The largest absolute Gasteiger partial charge is 0.497 e. The maximum absolute atomic E-state index is 8.28. The first-order valence-corrected chi connectivity index (χ1v) is 3.64. The minimum Gasteiger partial charge on any atom is -0.497 e. The van der Waals surface area contributed by atoms with Crippen molar-refractivity contribution in [3.63, 3.8) is 0 Å². The summed E-state index contributed by atoms with van der Waals surface area (Å²) in [5.41, 5.74) is 6.18. The molecule has 0 aromatic heterocycles. The molecule has 0 radical (unpaired) electrons. The van der Waals surface area contributed by atoms with Crippen molar-refractivity contribution in [2.75, 3.05) is 7.11 Å². The second-order valence-corrected chi connectivity index (χ2v) is 2.33. The fourth-order valence-corrected chi connectivity index (χ4v) is 0.901. The first kappa shape index (κ1) is 9.07. The molecule has 0 fully saturated rings. The van der Waals surface area contributed by atoms with Gasteiger partial charge in [0.15, 0.2) is 0 Å². The number of nitrogens with zero attached hydrogens (tertiary/aromatic N) is 2. The summed E-state index contributed by atoms with van der Waals surface area (Å²) in [6.07, 6.45) is 1.63. The number of benzene rings is 1. The summed E-state index contributed by atoms with van der Waals surface area (Å²) < 4.78 is 4.99. The lowest BCUT2D eigenvalue weighted by Crippen LogP contribution is -2.12. The SMILES string of the molecule is COc1cccc(C(N)=NC#N)c1. The van der Waals surface area contributed by atoms with Gasteiger partial charge in [-0.25, -0.2) is 0 Å². The van der Waals surface area contributed by atoms with Crippen LogP contribution in [-0.4, -0.2) is 12.9 Å². The van der Waals surface area contributed by atoms with Gasteiger partial charge < -0.3 is 10.5 Å². The molecule has 1 rings (SSSR count). The lowest BCUT2D eigenvalue weighted by molar-refractivity contribution is 0.414. The minimum atomic E-state index is 0.196. The number of nitriles is 1. The normalized spacial score (nSPS) is 10.6. The zero-order valence-electron chi connectivity index (χ0n) is 7.19. The molecule has 0 unspecified atom stereocenters. The van der Waals surface area contributed by atoms with Crippen LogP contribution >= 0.6 is 0 Å². The highest BCUT2D eigenvalue weighted by Crippen LogP contribution is 2.11. The first-order chi connectivity index (χ1) is 6.27. The zero-order chi connectivity index (χ0) is 9.68. The summed E-state index contributed by atoms with van der Waals surface area (Å²) in [6.45, 7) is 0. The molecule has 2 N–H and O–H groups in total. The second-order valence-electron chi connectivity index (χ2n) is 2.33. The number of nitrogens with two attached hydrogens (primary N) is 1. The molecule has 4 heteroatoms. The number of hydrogen-bond donors (Lipinski definition) is 1. The molecular formula is C9H9N3O. The number of aliphatic imine (C=N–C) groups is 1. The molecule has 13 heavy (non-hydrogen) atoms. The third kappa shape index (κ3) is 2.20. The molecule has 1 aromatic rings. The van der Waals surface area contributed by atoms with Crippen LogP contribution in [-0.2, 0) is 0 Å². The molecule has 0 atom stereocenters. The van der Waals surface area contributed by atoms with E-state index in [0.29, 0.717) is 11.3 Å². The number of methoxy groups -OCH3 is 1. The third-order valence-electron chi connectivity index (χ3n) is 1.54. The zero-order valence-corrected chi connectivity index (χ0v) is 7.19. The van der Waals surface area contributed by atoms with Gasteiger partial charge in [-0.2, -0.15) is 10.3 Å². The van der Waals surface area contributed by atoms with E-state index in [1.165, 1.54) is 0 Å².